The van der Waals surface area contributed by atoms with Crippen LogP contribution >= 0.6 is 0 Å². The van der Waals surface area contributed by atoms with Crippen molar-refractivity contribution in [3.63, 3.8) is 0 Å². The van der Waals surface area contributed by atoms with Crippen molar-refractivity contribution in [1.29, 1.82) is 0 Å². The van der Waals surface area contributed by atoms with Gasteiger partial charge in [0.15, 0.2) is 0 Å². The molecule has 4 rings (SSSR count). The third kappa shape index (κ3) is 3.51. The first-order valence-electron chi connectivity index (χ1n) is 9.10. The molecule has 0 spiro atoms. The second-order valence-electron chi connectivity index (χ2n) is 6.83. The molecule has 0 amide bonds. The molecule has 0 unspecified atom stereocenters. The second kappa shape index (κ2) is 7.34. The van der Waals surface area contributed by atoms with Crippen molar-refractivity contribution in [2.75, 3.05) is 26.8 Å². The lowest BCUT2D eigenvalue weighted by atomic mass is 10.1. The fourth-order valence-electron chi connectivity index (χ4n) is 3.53. The molecule has 0 bridgehead atoms. The predicted octanol–water partition coefficient (Wildman–Crippen LogP) is 3.99. The Balaban J connectivity index is 1.59. The van der Waals surface area contributed by atoms with Crippen LogP contribution in [0.15, 0.2) is 48.5 Å². The molecule has 3 aromatic rings. The molecule has 0 radical (unpaired) electrons. The van der Waals surface area contributed by atoms with E-state index in [2.05, 4.69) is 54.3 Å². The van der Waals surface area contributed by atoms with Gasteiger partial charge in [-0.3, -0.25) is 4.90 Å². The highest BCUT2D eigenvalue weighted by Crippen LogP contribution is 2.30. The Morgan fingerprint density at radius 3 is 2.81 bits per heavy atom. The van der Waals surface area contributed by atoms with Crippen molar-refractivity contribution < 1.29 is 9.47 Å². The first-order valence-corrected chi connectivity index (χ1v) is 9.10. The van der Waals surface area contributed by atoms with Gasteiger partial charge in [-0.05, 0) is 42.7 Å². The molecule has 4 heteroatoms. The van der Waals surface area contributed by atoms with Crippen LogP contribution in [-0.2, 0) is 13.0 Å². The smallest absolute Gasteiger partial charge is 0.218 e. The van der Waals surface area contributed by atoms with Crippen LogP contribution in [0.4, 0.5) is 0 Å². The van der Waals surface area contributed by atoms with E-state index in [1.165, 1.54) is 5.56 Å². The third-order valence-electron chi connectivity index (χ3n) is 4.96. The lowest BCUT2D eigenvalue weighted by molar-refractivity contribution is 0.225. The molecule has 0 aliphatic carbocycles. The van der Waals surface area contributed by atoms with Gasteiger partial charge >= 0.3 is 0 Å². The van der Waals surface area contributed by atoms with Gasteiger partial charge in [-0.2, -0.15) is 0 Å². The van der Waals surface area contributed by atoms with E-state index < -0.39 is 0 Å². The number of pyridine rings is 1. The van der Waals surface area contributed by atoms with Gasteiger partial charge in [-0.25, -0.2) is 4.98 Å². The highest BCUT2D eigenvalue weighted by molar-refractivity contribution is 5.84. The third-order valence-corrected chi connectivity index (χ3v) is 4.96. The molecule has 26 heavy (non-hydrogen) atoms. The average molecular weight is 348 g/mol. The van der Waals surface area contributed by atoms with Crippen molar-refractivity contribution in [3.05, 3.63) is 65.2 Å². The highest BCUT2D eigenvalue weighted by atomic mass is 16.5. The Morgan fingerprint density at radius 2 is 2.00 bits per heavy atom. The first kappa shape index (κ1) is 16.9. The number of aryl methyl sites for hydroxylation is 1. The number of nitrogens with zero attached hydrogens (tertiary/aromatic N) is 2. The van der Waals surface area contributed by atoms with E-state index in [0.717, 1.165) is 59.7 Å². The zero-order chi connectivity index (χ0) is 17.9. The summed E-state index contributed by atoms with van der Waals surface area (Å²) in [5.41, 5.74) is 4.61. The van der Waals surface area contributed by atoms with Crippen LogP contribution in [0.1, 0.15) is 16.7 Å². The Morgan fingerprint density at radius 1 is 1.15 bits per heavy atom. The quantitative estimate of drug-likeness (QED) is 0.714. The van der Waals surface area contributed by atoms with Crippen molar-refractivity contribution in [3.8, 4) is 11.6 Å². The van der Waals surface area contributed by atoms with Crippen LogP contribution in [0.2, 0.25) is 0 Å². The summed E-state index contributed by atoms with van der Waals surface area (Å²) in [5.74, 6) is 1.64. The summed E-state index contributed by atoms with van der Waals surface area (Å²) in [6, 6.07) is 16.9. The Labute approximate surface area is 154 Å². The number of fused-ring (bicyclic) bond motifs is 2. The molecule has 0 N–H and O–H groups in total. The van der Waals surface area contributed by atoms with E-state index in [4.69, 9.17) is 14.5 Å². The van der Waals surface area contributed by atoms with E-state index in [9.17, 15) is 0 Å². The summed E-state index contributed by atoms with van der Waals surface area (Å²) in [5, 5.41) is 1.11. The summed E-state index contributed by atoms with van der Waals surface area (Å²) < 4.78 is 11.4. The molecule has 1 aromatic heterocycles. The molecule has 1 aliphatic rings. The van der Waals surface area contributed by atoms with Crippen molar-refractivity contribution in [1.82, 2.24) is 9.88 Å². The Kier molecular flexibility index (Phi) is 4.76. The van der Waals surface area contributed by atoms with E-state index in [1.54, 1.807) is 7.11 Å². The number of rotatable bonds is 4. The van der Waals surface area contributed by atoms with Gasteiger partial charge in [0.1, 0.15) is 12.4 Å². The van der Waals surface area contributed by atoms with Crippen LogP contribution in [0.5, 0.6) is 11.6 Å². The maximum absolute atomic E-state index is 5.97. The van der Waals surface area contributed by atoms with E-state index >= 15 is 0 Å². The summed E-state index contributed by atoms with van der Waals surface area (Å²) in [7, 11) is 1.70. The SMILES string of the molecule is COc1cc(C)c2nc3c(cc2c1)CN(CCc1ccccc1)CCO3. The predicted molar refractivity (Wildman–Crippen MR) is 104 cm³/mol. The van der Waals surface area contributed by atoms with Gasteiger partial charge in [0, 0.05) is 30.6 Å². The van der Waals surface area contributed by atoms with Crippen LogP contribution < -0.4 is 9.47 Å². The van der Waals surface area contributed by atoms with Gasteiger partial charge in [-0.15, -0.1) is 0 Å². The fourth-order valence-corrected chi connectivity index (χ4v) is 3.53. The molecule has 0 saturated heterocycles. The van der Waals surface area contributed by atoms with Crippen LogP contribution in [-0.4, -0.2) is 36.7 Å². The Hall–Kier alpha value is -2.59. The number of benzene rings is 2. The zero-order valence-electron chi connectivity index (χ0n) is 15.4. The molecule has 2 heterocycles. The van der Waals surface area contributed by atoms with E-state index in [-0.39, 0.29) is 0 Å². The van der Waals surface area contributed by atoms with Crippen LogP contribution in [0, 0.1) is 6.92 Å². The molecule has 0 saturated carbocycles. The number of hydrogen-bond donors (Lipinski definition) is 0. The number of aromatic nitrogens is 1. The monoisotopic (exact) mass is 348 g/mol. The average Bonchev–Trinajstić information content (AvgIpc) is 2.87. The minimum absolute atomic E-state index is 0.676. The molecule has 1 aliphatic heterocycles. The summed E-state index contributed by atoms with van der Waals surface area (Å²) in [4.78, 5) is 7.24. The topological polar surface area (TPSA) is 34.6 Å². The van der Waals surface area contributed by atoms with Gasteiger partial charge in [0.05, 0.1) is 12.6 Å². The maximum atomic E-state index is 5.97. The molecular weight excluding hydrogens is 324 g/mol. The van der Waals surface area contributed by atoms with Crippen molar-refractivity contribution in [2.24, 2.45) is 0 Å². The Bertz CT molecular complexity index is 909. The normalized spacial score (nSPS) is 14.5. The van der Waals surface area contributed by atoms with E-state index in [1.807, 2.05) is 6.07 Å². The van der Waals surface area contributed by atoms with Crippen molar-refractivity contribution in [2.45, 2.75) is 19.9 Å². The molecule has 4 nitrogen and oxygen atoms in total. The highest BCUT2D eigenvalue weighted by Gasteiger charge is 2.18. The van der Waals surface area contributed by atoms with Gasteiger partial charge < -0.3 is 9.47 Å². The number of hydrogen-bond acceptors (Lipinski definition) is 4. The van der Waals surface area contributed by atoms with Gasteiger partial charge in [0.25, 0.3) is 0 Å². The summed E-state index contributed by atoms with van der Waals surface area (Å²) in [6.45, 7) is 5.54. The lowest BCUT2D eigenvalue weighted by Crippen LogP contribution is -2.27. The number of ether oxygens (including phenoxy) is 2. The van der Waals surface area contributed by atoms with Crippen molar-refractivity contribution >= 4 is 10.9 Å². The van der Waals surface area contributed by atoms with Gasteiger partial charge in [0.2, 0.25) is 5.88 Å². The second-order valence-corrected chi connectivity index (χ2v) is 6.83. The minimum atomic E-state index is 0.676. The largest absolute Gasteiger partial charge is 0.497 e. The lowest BCUT2D eigenvalue weighted by Gasteiger charge is -2.19. The van der Waals surface area contributed by atoms with E-state index in [0.29, 0.717) is 6.61 Å². The minimum Gasteiger partial charge on any atom is -0.497 e. The molecule has 0 fully saturated rings. The fraction of sp³-hybridized carbons (Fsp3) is 0.318. The van der Waals surface area contributed by atoms with Gasteiger partial charge in [-0.1, -0.05) is 30.3 Å². The van der Waals surface area contributed by atoms with Crippen LogP contribution in [0.3, 0.4) is 0 Å². The molecule has 0 atom stereocenters. The first-order chi connectivity index (χ1) is 12.7. The maximum Gasteiger partial charge on any atom is 0.218 e. The zero-order valence-corrected chi connectivity index (χ0v) is 15.4. The standard InChI is InChI=1S/C22H24N2O2/c1-16-12-20(25-2)14-18-13-19-15-24(9-8-17-6-4-3-5-7-17)10-11-26-22(19)23-21(16)18/h3-7,12-14H,8-11,15H2,1-2H3. The molecular formula is C22H24N2O2. The molecule has 2 aromatic carbocycles. The number of methoxy groups -OCH3 is 1. The van der Waals surface area contributed by atoms with Crippen LogP contribution in [0.25, 0.3) is 10.9 Å². The summed E-state index contributed by atoms with van der Waals surface area (Å²) in [6.07, 6.45) is 1.05. The summed E-state index contributed by atoms with van der Waals surface area (Å²) >= 11 is 0. The molecule has 134 valence electrons.